The van der Waals surface area contributed by atoms with Crippen LogP contribution in [0.4, 0.5) is 5.69 Å². The van der Waals surface area contributed by atoms with Crippen LogP contribution in [0.2, 0.25) is 0 Å². The second-order valence-corrected chi connectivity index (χ2v) is 3.90. The minimum atomic E-state index is -0.477. The van der Waals surface area contributed by atoms with E-state index in [4.69, 9.17) is 10.5 Å². The molecule has 20 heavy (non-hydrogen) atoms. The fraction of sp³-hybridized carbons (Fsp3) is 0.154. The van der Waals surface area contributed by atoms with Crippen LogP contribution in [-0.2, 0) is 6.42 Å². The number of aromatic amines is 1. The Hall–Kier alpha value is -3.19. The number of carbonyl (C=O) groups excluding carboxylic acids is 1. The molecule has 1 amide bonds. The second-order valence-electron chi connectivity index (χ2n) is 3.90. The van der Waals surface area contributed by atoms with E-state index in [2.05, 4.69) is 20.5 Å². The first-order valence-electron chi connectivity index (χ1n) is 5.84. The van der Waals surface area contributed by atoms with E-state index >= 15 is 0 Å². The van der Waals surface area contributed by atoms with Crippen LogP contribution in [0.3, 0.4) is 0 Å². The van der Waals surface area contributed by atoms with Gasteiger partial charge in [-0.3, -0.25) is 9.89 Å². The average Bonchev–Trinajstić information content (AvgIpc) is 2.96. The van der Waals surface area contributed by atoms with Gasteiger partial charge in [-0.05, 0) is 18.2 Å². The number of aryl methyl sites for hydroxylation is 1. The Morgan fingerprint density at radius 1 is 1.35 bits per heavy atom. The van der Waals surface area contributed by atoms with Crippen LogP contribution in [-0.4, -0.2) is 21.1 Å². The van der Waals surface area contributed by atoms with E-state index < -0.39 is 5.91 Å². The highest BCUT2D eigenvalue weighted by atomic mass is 16.2. The summed E-state index contributed by atoms with van der Waals surface area (Å²) >= 11 is 0. The van der Waals surface area contributed by atoms with E-state index in [1.807, 2.05) is 19.1 Å². The zero-order valence-corrected chi connectivity index (χ0v) is 10.6. The van der Waals surface area contributed by atoms with E-state index in [1.54, 1.807) is 6.07 Å². The van der Waals surface area contributed by atoms with E-state index in [-0.39, 0.29) is 17.0 Å². The fourth-order valence-corrected chi connectivity index (χ4v) is 1.55. The number of nitriles is 2. The number of carbonyl (C=O) groups is 1. The molecule has 0 aliphatic heterocycles. The van der Waals surface area contributed by atoms with Gasteiger partial charge in [-0.15, -0.1) is 5.10 Å². The van der Waals surface area contributed by atoms with Crippen LogP contribution in [0, 0.1) is 22.7 Å². The lowest BCUT2D eigenvalue weighted by Gasteiger charge is -2.03. The van der Waals surface area contributed by atoms with Crippen LogP contribution in [0.15, 0.2) is 18.2 Å². The summed E-state index contributed by atoms with van der Waals surface area (Å²) in [4.78, 5) is 15.9. The third-order valence-electron chi connectivity index (χ3n) is 2.59. The SMILES string of the molecule is CCc1nc(C(=O)Nc2ccc(C#N)c(C#N)c2)n[nH]1. The molecule has 0 bridgehead atoms. The summed E-state index contributed by atoms with van der Waals surface area (Å²) in [6, 6.07) is 8.26. The molecule has 98 valence electrons. The minimum absolute atomic E-state index is 0.0321. The number of aromatic nitrogens is 3. The van der Waals surface area contributed by atoms with Gasteiger partial charge in [-0.25, -0.2) is 4.98 Å². The van der Waals surface area contributed by atoms with Gasteiger partial charge >= 0.3 is 0 Å². The maximum Gasteiger partial charge on any atom is 0.295 e. The number of hydrogen-bond donors (Lipinski definition) is 2. The molecule has 0 radical (unpaired) electrons. The summed E-state index contributed by atoms with van der Waals surface area (Å²) in [5, 5.41) is 26.8. The molecule has 1 heterocycles. The molecule has 1 aromatic heterocycles. The summed E-state index contributed by atoms with van der Waals surface area (Å²) in [6.45, 7) is 1.89. The first-order valence-corrected chi connectivity index (χ1v) is 5.84. The number of nitrogens with zero attached hydrogens (tertiary/aromatic N) is 4. The molecule has 0 saturated heterocycles. The lowest BCUT2D eigenvalue weighted by molar-refractivity contribution is 0.101. The molecule has 7 nitrogen and oxygen atoms in total. The molecule has 7 heteroatoms. The van der Waals surface area contributed by atoms with Crippen molar-refractivity contribution < 1.29 is 4.79 Å². The number of anilines is 1. The second kappa shape index (κ2) is 5.63. The Morgan fingerprint density at radius 3 is 2.70 bits per heavy atom. The molecular weight excluding hydrogens is 256 g/mol. The van der Waals surface area contributed by atoms with Gasteiger partial charge in [0.25, 0.3) is 5.91 Å². The molecule has 2 rings (SSSR count). The number of nitrogens with one attached hydrogen (secondary N) is 2. The molecule has 0 spiro atoms. The van der Waals surface area contributed by atoms with E-state index in [1.165, 1.54) is 12.1 Å². The van der Waals surface area contributed by atoms with Gasteiger partial charge < -0.3 is 5.32 Å². The molecule has 2 aromatic rings. The van der Waals surface area contributed by atoms with Crippen LogP contribution in [0.1, 0.15) is 34.5 Å². The smallest absolute Gasteiger partial charge is 0.295 e. The molecule has 0 saturated carbocycles. The summed E-state index contributed by atoms with van der Waals surface area (Å²) < 4.78 is 0. The van der Waals surface area contributed by atoms with Crippen molar-refractivity contribution in [2.45, 2.75) is 13.3 Å². The maximum absolute atomic E-state index is 11.9. The van der Waals surface area contributed by atoms with Crippen molar-refractivity contribution in [3.05, 3.63) is 41.0 Å². The third kappa shape index (κ3) is 2.62. The number of benzene rings is 1. The Balaban J connectivity index is 2.20. The van der Waals surface area contributed by atoms with Crippen LogP contribution >= 0.6 is 0 Å². The predicted molar refractivity (Wildman–Crippen MR) is 69.6 cm³/mol. The van der Waals surface area contributed by atoms with E-state index in [9.17, 15) is 4.79 Å². The summed E-state index contributed by atoms with van der Waals surface area (Å²) in [5.74, 6) is 0.173. The van der Waals surface area contributed by atoms with Crippen LogP contribution in [0.25, 0.3) is 0 Å². The standard InChI is InChI=1S/C13H10N6O/c1-2-11-17-12(19-18-11)13(20)16-10-4-3-8(6-14)9(5-10)7-15/h3-5H,2H2,1H3,(H,16,20)(H,17,18,19). The largest absolute Gasteiger partial charge is 0.319 e. The van der Waals surface area contributed by atoms with Crippen molar-refractivity contribution in [1.82, 2.24) is 15.2 Å². The fourth-order valence-electron chi connectivity index (χ4n) is 1.55. The molecule has 0 atom stereocenters. The molecule has 0 aliphatic carbocycles. The summed E-state index contributed by atoms with van der Waals surface area (Å²) in [7, 11) is 0. The number of H-pyrrole nitrogens is 1. The Kier molecular flexibility index (Phi) is 3.73. The molecule has 0 aliphatic rings. The minimum Gasteiger partial charge on any atom is -0.319 e. The van der Waals surface area contributed by atoms with Gasteiger partial charge in [0.15, 0.2) is 0 Å². The van der Waals surface area contributed by atoms with Gasteiger partial charge in [0, 0.05) is 12.1 Å². The average molecular weight is 266 g/mol. The molecule has 1 aromatic carbocycles. The molecular formula is C13H10N6O. The van der Waals surface area contributed by atoms with Crippen molar-refractivity contribution >= 4 is 11.6 Å². The van der Waals surface area contributed by atoms with Crippen molar-refractivity contribution in [2.24, 2.45) is 0 Å². The van der Waals surface area contributed by atoms with Gasteiger partial charge in [-0.1, -0.05) is 6.92 Å². The molecule has 0 fully saturated rings. The lowest BCUT2D eigenvalue weighted by atomic mass is 10.1. The molecule has 2 N–H and O–H groups in total. The van der Waals surface area contributed by atoms with Crippen molar-refractivity contribution in [3.63, 3.8) is 0 Å². The lowest BCUT2D eigenvalue weighted by Crippen LogP contribution is -2.14. The highest BCUT2D eigenvalue weighted by molar-refractivity contribution is 6.01. The van der Waals surface area contributed by atoms with Crippen LogP contribution in [0.5, 0.6) is 0 Å². The Labute approximate surface area is 114 Å². The van der Waals surface area contributed by atoms with Gasteiger partial charge in [0.1, 0.15) is 18.0 Å². The third-order valence-corrected chi connectivity index (χ3v) is 2.59. The highest BCUT2D eigenvalue weighted by Crippen LogP contribution is 2.15. The Morgan fingerprint density at radius 2 is 2.10 bits per heavy atom. The van der Waals surface area contributed by atoms with Crippen molar-refractivity contribution in [2.75, 3.05) is 5.32 Å². The van der Waals surface area contributed by atoms with Crippen molar-refractivity contribution in [1.29, 1.82) is 10.5 Å². The zero-order valence-electron chi connectivity index (χ0n) is 10.6. The highest BCUT2D eigenvalue weighted by Gasteiger charge is 2.13. The monoisotopic (exact) mass is 266 g/mol. The molecule has 0 unspecified atom stereocenters. The van der Waals surface area contributed by atoms with Gasteiger partial charge in [0.05, 0.1) is 11.1 Å². The topological polar surface area (TPSA) is 118 Å². The van der Waals surface area contributed by atoms with Crippen LogP contribution < -0.4 is 5.32 Å². The van der Waals surface area contributed by atoms with E-state index in [0.717, 1.165) is 0 Å². The van der Waals surface area contributed by atoms with E-state index in [0.29, 0.717) is 17.9 Å². The summed E-state index contributed by atoms with van der Waals surface area (Å²) in [6.07, 6.45) is 0.649. The zero-order chi connectivity index (χ0) is 14.5. The van der Waals surface area contributed by atoms with Gasteiger partial charge in [-0.2, -0.15) is 10.5 Å². The van der Waals surface area contributed by atoms with Crippen molar-refractivity contribution in [3.8, 4) is 12.1 Å². The van der Waals surface area contributed by atoms with Gasteiger partial charge in [0.2, 0.25) is 5.82 Å². The summed E-state index contributed by atoms with van der Waals surface area (Å²) in [5.41, 5.74) is 0.875. The number of amides is 1. The normalized spacial score (nSPS) is 9.55. The first kappa shape index (κ1) is 13.2. The number of rotatable bonds is 3. The first-order chi connectivity index (χ1) is 9.67. The predicted octanol–water partition coefficient (Wildman–Crippen LogP) is 1.36. The number of hydrogen-bond acceptors (Lipinski definition) is 5. The quantitative estimate of drug-likeness (QED) is 0.869. The Bertz CT molecular complexity index is 734. The maximum atomic E-state index is 11.9.